The van der Waals surface area contributed by atoms with Gasteiger partial charge in [-0.1, -0.05) is 6.07 Å². The van der Waals surface area contributed by atoms with Crippen LogP contribution < -0.4 is 5.32 Å². The highest BCUT2D eigenvalue weighted by Crippen LogP contribution is 2.13. The Morgan fingerprint density at radius 3 is 2.76 bits per heavy atom. The van der Waals surface area contributed by atoms with Crippen molar-refractivity contribution in [3.05, 3.63) is 34.9 Å². The number of hydrogen-bond donors (Lipinski definition) is 1. The van der Waals surface area contributed by atoms with Crippen LogP contribution in [0.4, 0.5) is 0 Å². The fourth-order valence-corrected chi connectivity index (χ4v) is 2.17. The zero-order chi connectivity index (χ0) is 12.4. The van der Waals surface area contributed by atoms with Gasteiger partial charge in [0.2, 0.25) is 0 Å². The molecule has 1 N–H and O–H groups in total. The molecular weight excluding hydrogens is 212 g/mol. The third-order valence-electron chi connectivity index (χ3n) is 3.41. The minimum Gasteiger partial charge on any atom is -0.336 e. The lowest BCUT2D eigenvalue weighted by atomic mass is 10.0. The molecule has 1 saturated heterocycles. The smallest absolute Gasteiger partial charge is 0.253 e. The topological polar surface area (TPSA) is 32.3 Å². The van der Waals surface area contributed by atoms with Crippen molar-refractivity contribution < 1.29 is 4.79 Å². The minimum absolute atomic E-state index is 0.154. The summed E-state index contributed by atoms with van der Waals surface area (Å²) in [5, 5.41) is 3.34. The first kappa shape index (κ1) is 12.1. The van der Waals surface area contributed by atoms with Gasteiger partial charge in [-0.3, -0.25) is 4.79 Å². The molecule has 0 saturated carbocycles. The molecule has 2 rings (SSSR count). The van der Waals surface area contributed by atoms with Gasteiger partial charge in [0, 0.05) is 31.2 Å². The van der Waals surface area contributed by atoms with Gasteiger partial charge in [-0.05, 0) is 44.0 Å². The van der Waals surface area contributed by atoms with Crippen molar-refractivity contribution in [3.63, 3.8) is 0 Å². The van der Waals surface area contributed by atoms with Gasteiger partial charge in [-0.25, -0.2) is 0 Å². The van der Waals surface area contributed by atoms with Crippen LogP contribution in [0.1, 0.15) is 28.4 Å². The highest BCUT2D eigenvalue weighted by molar-refractivity contribution is 5.94. The number of rotatable bonds is 1. The molecule has 1 amide bonds. The van der Waals surface area contributed by atoms with Crippen LogP contribution in [0.2, 0.25) is 0 Å². The Bertz CT molecular complexity index is 428. The maximum absolute atomic E-state index is 12.3. The van der Waals surface area contributed by atoms with E-state index in [1.54, 1.807) is 0 Å². The van der Waals surface area contributed by atoms with Gasteiger partial charge in [-0.2, -0.15) is 0 Å². The minimum atomic E-state index is 0.154. The fraction of sp³-hybridized carbons (Fsp3) is 0.500. The molecule has 3 heteroatoms. The van der Waals surface area contributed by atoms with Gasteiger partial charge >= 0.3 is 0 Å². The van der Waals surface area contributed by atoms with E-state index < -0.39 is 0 Å². The van der Waals surface area contributed by atoms with Crippen molar-refractivity contribution in [2.75, 3.05) is 19.6 Å². The first-order chi connectivity index (χ1) is 8.08. The van der Waals surface area contributed by atoms with Crippen molar-refractivity contribution in [2.24, 2.45) is 0 Å². The Labute approximate surface area is 103 Å². The average Bonchev–Trinajstić information content (AvgIpc) is 2.32. The van der Waals surface area contributed by atoms with E-state index in [4.69, 9.17) is 0 Å². The van der Waals surface area contributed by atoms with Crippen LogP contribution in [0.15, 0.2) is 18.2 Å². The van der Waals surface area contributed by atoms with E-state index in [1.165, 1.54) is 11.1 Å². The van der Waals surface area contributed by atoms with Crippen molar-refractivity contribution >= 4 is 5.91 Å². The third-order valence-corrected chi connectivity index (χ3v) is 3.41. The Balaban J connectivity index is 2.15. The van der Waals surface area contributed by atoms with Crippen LogP contribution in [-0.2, 0) is 0 Å². The fourth-order valence-electron chi connectivity index (χ4n) is 2.17. The maximum atomic E-state index is 12.3. The van der Waals surface area contributed by atoms with E-state index in [9.17, 15) is 4.79 Å². The number of benzene rings is 1. The summed E-state index contributed by atoms with van der Waals surface area (Å²) in [4.78, 5) is 14.2. The second-order valence-electron chi connectivity index (χ2n) is 4.91. The molecule has 1 aromatic rings. The molecule has 0 aliphatic carbocycles. The van der Waals surface area contributed by atoms with E-state index in [1.807, 2.05) is 30.0 Å². The Kier molecular flexibility index (Phi) is 3.48. The molecule has 1 fully saturated rings. The largest absolute Gasteiger partial charge is 0.336 e. The SMILES string of the molecule is Cc1ccc(C(=O)N2CCN[C@@H](C)C2)cc1C. The molecule has 3 nitrogen and oxygen atoms in total. The molecule has 0 radical (unpaired) electrons. The summed E-state index contributed by atoms with van der Waals surface area (Å²) < 4.78 is 0. The summed E-state index contributed by atoms with van der Waals surface area (Å²) >= 11 is 0. The summed E-state index contributed by atoms with van der Waals surface area (Å²) in [5.74, 6) is 0.154. The van der Waals surface area contributed by atoms with E-state index >= 15 is 0 Å². The highest BCUT2D eigenvalue weighted by Gasteiger charge is 2.21. The average molecular weight is 232 g/mol. The lowest BCUT2D eigenvalue weighted by Crippen LogP contribution is -2.51. The summed E-state index contributed by atoms with van der Waals surface area (Å²) in [7, 11) is 0. The van der Waals surface area contributed by atoms with Gasteiger partial charge in [0.1, 0.15) is 0 Å². The van der Waals surface area contributed by atoms with E-state index in [0.29, 0.717) is 6.04 Å². The summed E-state index contributed by atoms with van der Waals surface area (Å²) in [6.45, 7) is 8.71. The first-order valence-corrected chi connectivity index (χ1v) is 6.18. The van der Waals surface area contributed by atoms with Gasteiger partial charge in [-0.15, -0.1) is 0 Å². The molecular formula is C14H20N2O. The molecule has 1 heterocycles. The number of carbonyl (C=O) groups is 1. The third kappa shape index (κ3) is 2.67. The van der Waals surface area contributed by atoms with Crippen LogP contribution in [-0.4, -0.2) is 36.5 Å². The Morgan fingerprint density at radius 1 is 1.35 bits per heavy atom. The molecule has 0 aromatic heterocycles. The lowest BCUT2D eigenvalue weighted by molar-refractivity contribution is 0.0709. The van der Waals surface area contributed by atoms with Crippen LogP contribution in [0.25, 0.3) is 0 Å². The van der Waals surface area contributed by atoms with Crippen molar-refractivity contribution in [2.45, 2.75) is 26.8 Å². The molecule has 17 heavy (non-hydrogen) atoms. The number of aryl methyl sites for hydroxylation is 2. The van der Waals surface area contributed by atoms with Crippen LogP contribution in [0, 0.1) is 13.8 Å². The highest BCUT2D eigenvalue weighted by atomic mass is 16.2. The monoisotopic (exact) mass is 232 g/mol. The molecule has 1 aromatic carbocycles. The van der Waals surface area contributed by atoms with Crippen molar-refractivity contribution in [1.82, 2.24) is 10.2 Å². The zero-order valence-electron chi connectivity index (χ0n) is 10.8. The second-order valence-corrected chi connectivity index (χ2v) is 4.91. The van der Waals surface area contributed by atoms with Gasteiger partial charge in [0.25, 0.3) is 5.91 Å². The number of hydrogen-bond acceptors (Lipinski definition) is 2. The molecule has 1 atom stereocenters. The number of piperazine rings is 1. The molecule has 0 unspecified atom stereocenters. The quantitative estimate of drug-likeness (QED) is 0.800. The molecule has 0 bridgehead atoms. The summed E-state index contributed by atoms with van der Waals surface area (Å²) in [5.41, 5.74) is 3.22. The van der Waals surface area contributed by atoms with E-state index in [0.717, 1.165) is 25.2 Å². The number of carbonyl (C=O) groups excluding carboxylic acids is 1. The second kappa shape index (κ2) is 4.88. The predicted molar refractivity (Wildman–Crippen MR) is 69.3 cm³/mol. The van der Waals surface area contributed by atoms with E-state index in [2.05, 4.69) is 19.2 Å². The Morgan fingerprint density at radius 2 is 2.12 bits per heavy atom. The molecule has 1 aliphatic heterocycles. The predicted octanol–water partition coefficient (Wildman–Crippen LogP) is 1.74. The standard InChI is InChI=1S/C14H20N2O/c1-10-4-5-13(8-11(10)2)14(17)16-7-6-15-12(3)9-16/h4-5,8,12,15H,6-7,9H2,1-3H3/t12-/m0/s1. The van der Waals surface area contributed by atoms with Crippen LogP contribution in [0.3, 0.4) is 0 Å². The van der Waals surface area contributed by atoms with Crippen molar-refractivity contribution in [3.8, 4) is 0 Å². The number of amides is 1. The van der Waals surface area contributed by atoms with Crippen molar-refractivity contribution in [1.29, 1.82) is 0 Å². The first-order valence-electron chi connectivity index (χ1n) is 6.18. The number of nitrogens with one attached hydrogen (secondary N) is 1. The lowest BCUT2D eigenvalue weighted by Gasteiger charge is -2.32. The van der Waals surface area contributed by atoms with Gasteiger partial charge in [0.05, 0.1) is 0 Å². The van der Waals surface area contributed by atoms with Gasteiger partial charge in [0.15, 0.2) is 0 Å². The molecule has 0 spiro atoms. The van der Waals surface area contributed by atoms with E-state index in [-0.39, 0.29) is 5.91 Å². The summed E-state index contributed by atoms with van der Waals surface area (Å²) in [6, 6.07) is 6.33. The maximum Gasteiger partial charge on any atom is 0.253 e. The van der Waals surface area contributed by atoms with Crippen LogP contribution >= 0.6 is 0 Å². The Hall–Kier alpha value is -1.35. The zero-order valence-corrected chi connectivity index (χ0v) is 10.8. The number of nitrogens with zero attached hydrogens (tertiary/aromatic N) is 1. The summed E-state index contributed by atoms with van der Waals surface area (Å²) in [6.07, 6.45) is 0. The normalized spacial score (nSPS) is 20.4. The molecule has 1 aliphatic rings. The molecule has 92 valence electrons. The van der Waals surface area contributed by atoms with Crippen LogP contribution in [0.5, 0.6) is 0 Å². The van der Waals surface area contributed by atoms with Gasteiger partial charge < -0.3 is 10.2 Å².